The van der Waals surface area contributed by atoms with E-state index in [2.05, 4.69) is 19.1 Å². The van der Waals surface area contributed by atoms with E-state index < -0.39 is 0 Å². The molecule has 0 radical (unpaired) electrons. The topological polar surface area (TPSA) is 44.5 Å². The molecule has 1 fully saturated rings. The van der Waals surface area contributed by atoms with Gasteiger partial charge in [0.15, 0.2) is 11.5 Å². The fourth-order valence-electron chi connectivity index (χ4n) is 2.37. The van der Waals surface area contributed by atoms with Crippen LogP contribution in [0.2, 0.25) is 0 Å². The van der Waals surface area contributed by atoms with Crippen LogP contribution in [0.3, 0.4) is 0 Å². The number of hydrogen-bond acceptors (Lipinski definition) is 3. The molecule has 0 saturated heterocycles. The molecule has 3 rings (SSSR count). The van der Waals surface area contributed by atoms with E-state index in [0.29, 0.717) is 0 Å². The summed E-state index contributed by atoms with van der Waals surface area (Å²) in [5.74, 6) is 1.80. The number of nitrogens with two attached hydrogens (primary N) is 1. The number of fused-ring (bicyclic) bond motifs is 1. The van der Waals surface area contributed by atoms with Gasteiger partial charge in [-0.2, -0.15) is 0 Å². The number of benzene rings is 1. The van der Waals surface area contributed by atoms with Gasteiger partial charge in [0.2, 0.25) is 0 Å². The van der Waals surface area contributed by atoms with Gasteiger partial charge in [0.1, 0.15) is 0 Å². The molecule has 1 heterocycles. The summed E-state index contributed by atoms with van der Waals surface area (Å²) in [5, 5.41) is 0. The summed E-state index contributed by atoms with van der Waals surface area (Å²) in [6, 6.07) is 4.28. The number of rotatable bonds is 2. The lowest BCUT2D eigenvalue weighted by atomic mass is 10.0. The fourth-order valence-corrected chi connectivity index (χ4v) is 2.37. The maximum atomic E-state index is 6.16. The van der Waals surface area contributed by atoms with Crippen molar-refractivity contribution in [3.8, 4) is 11.5 Å². The van der Waals surface area contributed by atoms with Gasteiger partial charge in [0.25, 0.3) is 0 Å². The molecule has 1 aromatic rings. The third-order valence-electron chi connectivity index (χ3n) is 3.54. The summed E-state index contributed by atoms with van der Waals surface area (Å²) in [5.41, 5.74) is 8.64. The van der Waals surface area contributed by atoms with Gasteiger partial charge in [0, 0.05) is 12.0 Å². The van der Waals surface area contributed by atoms with Crippen molar-refractivity contribution < 1.29 is 9.47 Å². The first-order valence-electron chi connectivity index (χ1n) is 6.34. The van der Waals surface area contributed by atoms with E-state index in [1.54, 1.807) is 0 Å². The molecule has 1 saturated carbocycles. The van der Waals surface area contributed by atoms with E-state index >= 15 is 0 Å². The summed E-state index contributed by atoms with van der Waals surface area (Å²) in [4.78, 5) is 0. The third-order valence-corrected chi connectivity index (χ3v) is 3.54. The van der Waals surface area contributed by atoms with E-state index in [1.165, 1.54) is 5.56 Å². The van der Waals surface area contributed by atoms with Gasteiger partial charge in [-0.05, 0) is 43.4 Å². The highest BCUT2D eigenvalue weighted by Gasteiger charge is 2.38. The minimum Gasteiger partial charge on any atom is -0.490 e. The molecule has 0 atom stereocenters. The molecule has 17 heavy (non-hydrogen) atoms. The Bertz CT molecular complexity index is 438. The first-order chi connectivity index (χ1) is 8.16. The summed E-state index contributed by atoms with van der Waals surface area (Å²) in [7, 11) is 0. The maximum Gasteiger partial charge on any atom is 0.164 e. The molecule has 3 heteroatoms. The maximum absolute atomic E-state index is 6.16. The second kappa shape index (κ2) is 3.91. The SMILES string of the molecule is Cc1cc(CC2(N)CC2)cc2c1OCCCO2. The van der Waals surface area contributed by atoms with E-state index in [-0.39, 0.29) is 5.54 Å². The van der Waals surface area contributed by atoms with E-state index in [4.69, 9.17) is 15.2 Å². The lowest BCUT2D eigenvalue weighted by molar-refractivity contribution is 0.296. The number of hydrogen-bond donors (Lipinski definition) is 1. The number of aryl methyl sites for hydroxylation is 1. The highest BCUT2D eigenvalue weighted by molar-refractivity contribution is 5.49. The normalized spacial score (nSPS) is 20.8. The molecule has 1 aliphatic carbocycles. The second-order valence-corrected chi connectivity index (χ2v) is 5.33. The smallest absolute Gasteiger partial charge is 0.164 e. The Morgan fingerprint density at radius 2 is 2.00 bits per heavy atom. The van der Waals surface area contributed by atoms with Gasteiger partial charge < -0.3 is 15.2 Å². The van der Waals surface area contributed by atoms with Gasteiger partial charge in [-0.25, -0.2) is 0 Å². The second-order valence-electron chi connectivity index (χ2n) is 5.33. The Morgan fingerprint density at radius 1 is 1.24 bits per heavy atom. The molecule has 0 unspecified atom stereocenters. The van der Waals surface area contributed by atoms with Crippen molar-refractivity contribution in [1.29, 1.82) is 0 Å². The zero-order valence-corrected chi connectivity index (χ0v) is 10.3. The predicted octanol–water partition coefficient (Wildman–Crippen LogP) is 2.19. The quantitative estimate of drug-likeness (QED) is 0.851. The molecule has 3 nitrogen and oxygen atoms in total. The van der Waals surface area contributed by atoms with Crippen LogP contribution in [0.25, 0.3) is 0 Å². The lowest BCUT2D eigenvalue weighted by Gasteiger charge is -2.14. The standard InChI is InChI=1S/C14H19NO2/c1-10-7-11(9-14(15)3-4-14)8-12-13(10)17-6-2-5-16-12/h7-8H,2-6,9,15H2,1H3. The average Bonchev–Trinajstić information content (AvgIpc) is 3.02. The third kappa shape index (κ3) is 2.25. The zero-order chi connectivity index (χ0) is 11.9. The van der Waals surface area contributed by atoms with Crippen molar-refractivity contribution in [1.82, 2.24) is 0 Å². The van der Waals surface area contributed by atoms with Gasteiger partial charge in [-0.1, -0.05) is 6.07 Å². The van der Waals surface area contributed by atoms with Crippen molar-refractivity contribution >= 4 is 0 Å². The van der Waals surface area contributed by atoms with E-state index in [1.807, 2.05) is 0 Å². The van der Waals surface area contributed by atoms with Crippen LogP contribution >= 0.6 is 0 Å². The summed E-state index contributed by atoms with van der Waals surface area (Å²) in [6.07, 6.45) is 4.18. The van der Waals surface area contributed by atoms with Crippen LogP contribution in [0.4, 0.5) is 0 Å². The Kier molecular flexibility index (Phi) is 2.51. The van der Waals surface area contributed by atoms with Crippen LogP contribution in [0.15, 0.2) is 12.1 Å². The summed E-state index contributed by atoms with van der Waals surface area (Å²) < 4.78 is 11.5. The van der Waals surface area contributed by atoms with Crippen molar-refractivity contribution in [3.05, 3.63) is 23.3 Å². The molecule has 0 aromatic heterocycles. The zero-order valence-electron chi connectivity index (χ0n) is 10.3. The molecular weight excluding hydrogens is 214 g/mol. The summed E-state index contributed by atoms with van der Waals surface area (Å²) >= 11 is 0. The average molecular weight is 233 g/mol. The molecule has 0 spiro atoms. The van der Waals surface area contributed by atoms with Crippen LogP contribution in [-0.2, 0) is 6.42 Å². The Morgan fingerprint density at radius 3 is 2.76 bits per heavy atom. The van der Waals surface area contributed by atoms with Gasteiger partial charge >= 0.3 is 0 Å². The number of ether oxygens (including phenoxy) is 2. The minimum atomic E-state index is 0.0479. The highest BCUT2D eigenvalue weighted by atomic mass is 16.5. The van der Waals surface area contributed by atoms with Crippen molar-refractivity contribution in [2.45, 2.75) is 38.1 Å². The molecule has 2 aliphatic rings. The molecule has 1 aliphatic heterocycles. The van der Waals surface area contributed by atoms with Crippen molar-refractivity contribution in [2.24, 2.45) is 5.73 Å². The first kappa shape index (κ1) is 10.9. The first-order valence-corrected chi connectivity index (χ1v) is 6.34. The summed E-state index contributed by atoms with van der Waals surface area (Å²) in [6.45, 7) is 3.56. The van der Waals surface area contributed by atoms with Crippen LogP contribution in [0, 0.1) is 6.92 Å². The van der Waals surface area contributed by atoms with Gasteiger partial charge in [-0.15, -0.1) is 0 Å². The van der Waals surface area contributed by atoms with Crippen LogP contribution in [0.1, 0.15) is 30.4 Å². The van der Waals surface area contributed by atoms with E-state index in [0.717, 1.165) is 56.0 Å². The van der Waals surface area contributed by atoms with Gasteiger partial charge in [-0.3, -0.25) is 0 Å². The van der Waals surface area contributed by atoms with Crippen molar-refractivity contribution in [3.63, 3.8) is 0 Å². The molecular formula is C14H19NO2. The lowest BCUT2D eigenvalue weighted by Crippen LogP contribution is -2.24. The van der Waals surface area contributed by atoms with Crippen LogP contribution in [0.5, 0.6) is 11.5 Å². The monoisotopic (exact) mass is 233 g/mol. The minimum absolute atomic E-state index is 0.0479. The van der Waals surface area contributed by atoms with E-state index in [9.17, 15) is 0 Å². The van der Waals surface area contributed by atoms with Crippen LogP contribution < -0.4 is 15.2 Å². The predicted molar refractivity (Wildman–Crippen MR) is 66.6 cm³/mol. The molecule has 1 aromatic carbocycles. The molecule has 0 amide bonds. The van der Waals surface area contributed by atoms with Crippen molar-refractivity contribution in [2.75, 3.05) is 13.2 Å². The largest absolute Gasteiger partial charge is 0.490 e. The fraction of sp³-hybridized carbons (Fsp3) is 0.571. The van der Waals surface area contributed by atoms with Gasteiger partial charge in [0.05, 0.1) is 13.2 Å². The molecule has 2 N–H and O–H groups in total. The Labute approximate surface area is 102 Å². The Hall–Kier alpha value is -1.22. The highest BCUT2D eigenvalue weighted by Crippen LogP contribution is 2.39. The Balaban J connectivity index is 1.91. The molecule has 92 valence electrons. The van der Waals surface area contributed by atoms with Crippen LogP contribution in [-0.4, -0.2) is 18.8 Å². The molecule has 0 bridgehead atoms.